The van der Waals surface area contributed by atoms with Crippen LogP contribution in [-0.4, -0.2) is 5.97 Å². The van der Waals surface area contributed by atoms with E-state index in [9.17, 15) is 4.79 Å². The van der Waals surface area contributed by atoms with Gasteiger partial charge in [0, 0.05) is 6.42 Å². The van der Waals surface area contributed by atoms with Crippen molar-refractivity contribution in [3.63, 3.8) is 0 Å². The van der Waals surface area contributed by atoms with Crippen molar-refractivity contribution in [1.82, 2.24) is 0 Å². The van der Waals surface area contributed by atoms with E-state index in [4.69, 9.17) is 16.3 Å². The molecule has 0 aliphatic carbocycles. The average Bonchev–Trinajstić information content (AvgIpc) is 2.30. The first-order valence-electron chi connectivity index (χ1n) is 6.11. The Hall–Kier alpha value is -1.20. The van der Waals surface area contributed by atoms with Gasteiger partial charge in [0.2, 0.25) is 0 Å². The Morgan fingerprint density at radius 3 is 2.17 bits per heavy atom. The molecule has 0 heterocycles. The van der Waals surface area contributed by atoms with Crippen molar-refractivity contribution >= 4 is 17.6 Å². The predicted molar refractivity (Wildman–Crippen MR) is 76.0 cm³/mol. The molecule has 0 bridgehead atoms. The summed E-state index contributed by atoms with van der Waals surface area (Å²) in [6.07, 6.45) is 2.22. The van der Waals surface area contributed by atoms with Crippen LogP contribution in [0.1, 0.15) is 53.9 Å². The van der Waals surface area contributed by atoms with Crippen LogP contribution in [0.2, 0.25) is 0 Å². The van der Waals surface area contributed by atoms with E-state index in [0.29, 0.717) is 17.2 Å². The van der Waals surface area contributed by atoms with Crippen molar-refractivity contribution in [1.29, 1.82) is 0 Å². The van der Waals surface area contributed by atoms with Crippen LogP contribution in [0.4, 0.5) is 0 Å². The van der Waals surface area contributed by atoms with Gasteiger partial charge in [0.1, 0.15) is 0 Å². The van der Waals surface area contributed by atoms with Crippen molar-refractivity contribution < 1.29 is 9.53 Å². The molecule has 0 rings (SSSR count). The van der Waals surface area contributed by atoms with Crippen molar-refractivity contribution in [2.24, 2.45) is 0 Å². The molecule has 0 aromatic rings. The minimum atomic E-state index is -0.240. The van der Waals surface area contributed by atoms with Crippen molar-refractivity contribution in [3.05, 3.63) is 21.9 Å². The quantitative estimate of drug-likeness (QED) is 0.425. The summed E-state index contributed by atoms with van der Waals surface area (Å²) >= 11 is 5.93. The van der Waals surface area contributed by atoms with Crippen LogP contribution in [0.15, 0.2) is 21.9 Å². The molecule has 0 atom stereocenters. The summed E-state index contributed by atoms with van der Waals surface area (Å²) in [5.41, 5.74) is 1.81. The molecule has 0 unspecified atom stereocenters. The molecule has 0 saturated heterocycles. The maximum absolute atomic E-state index is 11.5. The molecule has 2 nitrogen and oxygen atoms in total. The number of esters is 1. The lowest BCUT2D eigenvalue weighted by atomic mass is 10.2. The highest BCUT2D eigenvalue weighted by Crippen LogP contribution is 2.10. The number of hydrogen-bond donors (Lipinski definition) is 0. The van der Waals surface area contributed by atoms with Gasteiger partial charge in [-0.2, -0.15) is 0 Å². The number of ether oxygens (including phenoxy) is 1. The molecule has 0 aliphatic heterocycles. The third kappa shape index (κ3) is 7.19. The lowest BCUT2D eigenvalue weighted by Gasteiger charge is -2.04. The lowest BCUT2D eigenvalue weighted by Crippen LogP contribution is -2.04. The molecular formula is C15H21ClO2. The van der Waals surface area contributed by atoms with Crippen LogP contribution >= 0.6 is 11.6 Å². The van der Waals surface area contributed by atoms with Crippen molar-refractivity contribution in [3.8, 4) is 11.8 Å². The fraction of sp³-hybridized carbons (Fsp3) is 0.533. The molecule has 0 radical (unpaired) electrons. The molecule has 0 aliphatic rings. The van der Waals surface area contributed by atoms with E-state index in [1.807, 2.05) is 34.6 Å². The van der Waals surface area contributed by atoms with Crippen LogP contribution in [0.5, 0.6) is 0 Å². The van der Waals surface area contributed by atoms with Crippen LogP contribution in [-0.2, 0) is 9.53 Å². The highest BCUT2D eigenvalue weighted by atomic mass is 35.5. The van der Waals surface area contributed by atoms with E-state index in [2.05, 4.69) is 11.8 Å². The van der Waals surface area contributed by atoms with Gasteiger partial charge >= 0.3 is 5.97 Å². The van der Waals surface area contributed by atoms with Gasteiger partial charge < -0.3 is 4.74 Å². The molecule has 100 valence electrons. The number of allylic oxidation sites excluding steroid dienone is 4. The van der Waals surface area contributed by atoms with E-state index in [1.165, 1.54) is 0 Å². The Bertz CT molecular complexity index is 412. The Morgan fingerprint density at radius 2 is 1.72 bits per heavy atom. The summed E-state index contributed by atoms with van der Waals surface area (Å²) in [7, 11) is 0. The highest BCUT2D eigenvalue weighted by Gasteiger charge is 2.06. The van der Waals surface area contributed by atoms with Gasteiger partial charge in [0.25, 0.3) is 0 Å². The number of hydrogen-bond acceptors (Lipinski definition) is 2. The van der Waals surface area contributed by atoms with Gasteiger partial charge in [-0.05, 0) is 57.1 Å². The second-order valence-corrected chi connectivity index (χ2v) is 4.85. The fourth-order valence-corrected chi connectivity index (χ4v) is 1.02. The largest absolute Gasteiger partial charge is 0.417 e. The topological polar surface area (TPSA) is 26.3 Å². The Labute approximate surface area is 115 Å². The van der Waals surface area contributed by atoms with Gasteiger partial charge in [-0.15, -0.1) is 0 Å². The van der Waals surface area contributed by atoms with E-state index >= 15 is 0 Å². The molecule has 0 aromatic heterocycles. The maximum atomic E-state index is 11.5. The summed E-state index contributed by atoms with van der Waals surface area (Å²) in [6.45, 7) is 9.50. The van der Waals surface area contributed by atoms with E-state index in [-0.39, 0.29) is 5.97 Å². The Kier molecular flexibility index (Phi) is 8.24. The minimum Gasteiger partial charge on any atom is -0.417 e. The highest BCUT2D eigenvalue weighted by molar-refractivity contribution is 6.32. The zero-order valence-electron chi connectivity index (χ0n) is 11.8. The SMILES string of the molecule is CCCCC(=O)OC(C#CC(Cl)=C(C)C)=C(C)C. The second-order valence-electron chi connectivity index (χ2n) is 4.47. The third-order valence-corrected chi connectivity index (χ3v) is 2.60. The molecule has 0 spiro atoms. The molecule has 3 heteroatoms. The molecule has 0 saturated carbocycles. The summed E-state index contributed by atoms with van der Waals surface area (Å²) in [4.78, 5) is 11.5. The third-order valence-electron chi connectivity index (χ3n) is 2.13. The first kappa shape index (κ1) is 16.8. The van der Waals surface area contributed by atoms with E-state index < -0.39 is 0 Å². The zero-order valence-corrected chi connectivity index (χ0v) is 12.6. The van der Waals surface area contributed by atoms with Gasteiger partial charge in [-0.1, -0.05) is 24.9 Å². The predicted octanol–water partition coefficient (Wildman–Crippen LogP) is 4.55. The second kappa shape index (κ2) is 8.83. The Balaban J connectivity index is 4.78. The fourth-order valence-electron chi connectivity index (χ4n) is 0.975. The number of unbranched alkanes of at least 4 members (excludes halogenated alkanes) is 1. The van der Waals surface area contributed by atoms with Gasteiger partial charge in [0.05, 0.1) is 5.03 Å². The number of halogens is 1. The molecule has 0 fully saturated rings. The van der Waals surface area contributed by atoms with Crippen LogP contribution < -0.4 is 0 Å². The van der Waals surface area contributed by atoms with Crippen LogP contribution in [0.3, 0.4) is 0 Å². The summed E-state index contributed by atoms with van der Waals surface area (Å²) in [5, 5.41) is 0.485. The first-order chi connectivity index (χ1) is 8.38. The molecule has 0 amide bonds. The average molecular weight is 269 g/mol. The van der Waals surface area contributed by atoms with E-state index in [1.54, 1.807) is 0 Å². The number of rotatable bonds is 4. The zero-order chi connectivity index (χ0) is 14.1. The molecule has 0 aromatic carbocycles. The van der Waals surface area contributed by atoms with Crippen LogP contribution in [0.25, 0.3) is 0 Å². The van der Waals surface area contributed by atoms with Gasteiger partial charge in [0.15, 0.2) is 5.76 Å². The normalized spacial score (nSPS) is 9.00. The monoisotopic (exact) mass is 268 g/mol. The number of carbonyl (C=O) groups is 1. The smallest absolute Gasteiger partial charge is 0.311 e. The molecule has 18 heavy (non-hydrogen) atoms. The first-order valence-corrected chi connectivity index (χ1v) is 6.49. The molecule has 0 N–H and O–H groups in total. The van der Waals surface area contributed by atoms with E-state index in [0.717, 1.165) is 24.0 Å². The number of carbonyl (C=O) groups excluding carboxylic acids is 1. The van der Waals surface area contributed by atoms with Crippen molar-refractivity contribution in [2.45, 2.75) is 53.9 Å². The standard InChI is InChI=1S/C15H21ClO2/c1-6-7-8-15(17)18-14(12(4)5)10-9-13(16)11(2)3/h6-8H2,1-5H3. The lowest BCUT2D eigenvalue weighted by molar-refractivity contribution is -0.139. The molecular weight excluding hydrogens is 248 g/mol. The maximum Gasteiger partial charge on any atom is 0.311 e. The Morgan fingerprint density at radius 1 is 1.11 bits per heavy atom. The summed E-state index contributed by atoms with van der Waals surface area (Å²) in [5.74, 6) is 5.75. The van der Waals surface area contributed by atoms with Crippen LogP contribution in [0, 0.1) is 11.8 Å². The van der Waals surface area contributed by atoms with Gasteiger partial charge in [-0.3, -0.25) is 4.79 Å². The van der Waals surface area contributed by atoms with Crippen molar-refractivity contribution in [2.75, 3.05) is 0 Å². The summed E-state index contributed by atoms with van der Waals surface area (Å²) < 4.78 is 5.23. The van der Waals surface area contributed by atoms with Gasteiger partial charge in [-0.25, -0.2) is 0 Å². The summed E-state index contributed by atoms with van der Waals surface area (Å²) in [6, 6.07) is 0. The minimum absolute atomic E-state index is 0.240.